The van der Waals surface area contributed by atoms with Gasteiger partial charge in [-0.3, -0.25) is 13.9 Å². The molecule has 0 unspecified atom stereocenters. The van der Waals surface area contributed by atoms with Crippen LogP contribution >= 0.6 is 0 Å². The Balaban J connectivity index is 2.04. The number of nitrogens with zero attached hydrogens (tertiary/aromatic N) is 2. The van der Waals surface area contributed by atoms with Crippen LogP contribution in [0.4, 0.5) is 5.69 Å². The Morgan fingerprint density at radius 1 is 0.884 bits per heavy atom. The van der Waals surface area contributed by atoms with E-state index in [9.17, 15) is 18.0 Å². The largest absolute Gasteiger partial charge is 0.497 e. The molecule has 9 nitrogen and oxygen atoms in total. The summed E-state index contributed by atoms with van der Waals surface area (Å²) in [4.78, 5) is 29.1. The molecule has 3 rings (SSSR count). The van der Waals surface area contributed by atoms with Gasteiger partial charge in [0.25, 0.3) is 10.0 Å². The SMILES string of the molecule is CCOc1ccc(N(CC(=O)N(Cc2ccc(OC)cc2)[C@H](CC)C(=O)NCC(C)C)S(=O)(=O)c2ccc(C)cc2)cc1. The van der Waals surface area contributed by atoms with Crippen molar-refractivity contribution in [3.8, 4) is 11.5 Å². The highest BCUT2D eigenvalue weighted by molar-refractivity contribution is 7.92. The molecule has 3 aromatic carbocycles. The minimum absolute atomic E-state index is 0.0585. The molecule has 0 heterocycles. The van der Waals surface area contributed by atoms with Gasteiger partial charge in [0, 0.05) is 13.1 Å². The summed E-state index contributed by atoms with van der Waals surface area (Å²) in [7, 11) is -2.58. The third kappa shape index (κ3) is 8.97. The molecule has 0 saturated carbocycles. The van der Waals surface area contributed by atoms with E-state index in [0.29, 0.717) is 36.8 Å². The molecule has 0 aliphatic heterocycles. The zero-order valence-electron chi connectivity index (χ0n) is 25.9. The molecule has 0 radical (unpaired) electrons. The lowest BCUT2D eigenvalue weighted by atomic mass is 10.1. The highest BCUT2D eigenvalue weighted by atomic mass is 32.2. The smallest absolute Gasteiger partial charge is 0.264 e. The fourth-order valence-electron chi connectivity index (χ4n) is 4.51. The molecule has 0 aromatic heterocycles. The second-order valence-corrected chi connectivity index (χ2v) is 12.5. The third-order valence-electron chi connectivity index (χ3n) is 6.91. The van der Waals surface area contributed by atoms with Gasteiger partial charge in [-0.1, -0.05) is 50.6 Å². The van der Waals surface area contributed by atoms with Crippen LogP contribution in [-0.2, 0) is 26.2 Å². The van der Waals surface area contributed by atoms with Crippen molar-refractivity contribution in [1.29, 1.82) is 0 Å². The van der Waals surface area contributed by atoms with Crippen molar-refractivity contribution in [2.45, 2.75) is 58.5 Å². The fraction of sp³-hybridized carbons (Fsp3) is 0.394. The Labute approximate surface area is 255 Å². The number of sulfonamides is 1. The van der Waals surface area contributed by atoms with Crippen molar-refractivity contribution in [3.05, 3.63) is 83.9 Å². The summed E-state index contributed by atoms with van der Waals surface area (Å²) in [6, 6.07) is 19.5. The Kier molecular flexibility index (Phi) is 12.0. The van der Waals surface area contributed by atoms with Gasteiger partial charge >= 0.3 is 0 Å². The summed E-state index contributed by atoms with van der Waals surface area (Å²) < 4.78 is 39.9. The van der Waals surface area contributed by atoms with Crippen molar-refractivity contribution < 1.29 is 27.5 Å². The molecule has 0 bridgehead atoms. The lowest BCUT2D eigenvalue weighted by Crippen LogP contribution is -2.52. The highest BCUT2D eigenvalue weighted by Gasteiger charge is 2.33. The predicted octanol–water partition coefficient (Wildman–Crippen LogP) is 5.18. The van der Waals surface area contributed by atoms with Crippen LogP contribution in [0, 0.1) is 12.8 Å². The molecule has 43 heavy (non-hydrogen) atoms. The number of hydrogen-bond acceptors (Lipinski definition) is 6. The van der Waals surface area contributed by atoms with E-state index in [1.165, 1.54) is 17.0 Å². The standard InChI is InChI=1S/C33H43N3O6S/c1-7-31(33(38)34-21-24(3)4)35(22-26-11-15-28(41-6)16-12-26)32(37)23-36(27-13-17-29(18-14-27)42-8-2)43(39,40)30-19-9-25(5)10-20-30/h9-20,24,31H,7-8,21-23H2,1-6H3,(H,34,38)/t31-/m1/s1. The first kappa shape index (κ1) is 33.5. The number of nitrogens with one attached hydrogen (secondary N) is 1. The summed E-state index contributed by atoms with van der Waals surface area (Å²) in [6.07, 6.45) is 0.347. The monoisotopic (exact) mass is 609 g/mol. The number of carbonyl (C=O) groups is 2. The topological polar surface area (TPSA) is 105 Å². The van der Waals surface area contributed by atoms with E-state index in [4.69, 9.17) is 9.47 Å². The van der Waals surface area contributed by atoms with Gasteiger partial charge in [0.05, 0.1) is 24.3 Å². The number of carbonyl (C=O) groups excluding carboxylic acids is 2. The average molecular weight is 610 g/mol. The molecule has 2 amide bonds. The second-order valence-electron chi connectivity index (χ2n) is 10.7. The maximum absolute atomic E-state index is 14.2. The van der Waals surface area contributed by atoms with Crippen molar-refractivity contribution in [3.63, 3.8) is 0 Å². The normalized spacial score (nSPS) is 12.0. The van der Waals surface area contributed by atoms with Crippen LogP contribution in [0.15, 0.2) is 77.7 Å². The van der Waals surface area contributed by atoms with Crippen LogP contribution in [0.2, 0.25) is 0 Å². The number of hydrogen-bond donors (Lipinski definition) is 1. The first-order chi connectivity index (χ1) is 20.5. The third-order valence-corrected chi connectivity index (χ3v) is 8.69. The molecule has 3 aromatic rings. The van der Waals surface area contributed by atoms with Crippen molar-refractivity contribution in [2.75, 3.05) is 31.1 Å². The van der Waals surface area contributed by atoms with Crippen molar-refractivity contribution in [1.82, 2.24) is 10.2 Å². The lowest BCUT2D eigenvalue weighted by Gasteiger charge is -2.33. The molecular formula is C33H43N3O6S. The Morgan fingerprint density at radius 2 is 1.49 bits per heavy atom. The van der Waals surface area contributed by atoms with Crippen LogP contribution in [-0.4, -0.2) is 58.0 Å². The molecule has 0 aliphatic rings. The number of rotatable bonds is 15. The van der Waals surface area contributed by atoms with Crippen LogP contribution in [0.3, 0.4) is 0 Å². The van der Waals surface area contributed by atoms with Gasteiger partial charge in [0.1, 0.15) is 24.1 Å². The maximum atomic E-state index is 14.2. The summed E-state index contributed by atoms with van der Waals surface area (Å²) >= 11 is 0. The summed E-state index contributed by atoms with van der Waals surface area (Å²) in [5, 5.41) is 2.94. The van der Waals surface area contributed by atoms with E-state index in [2.05, 4.69) is 5.32 Å². The molecule has 0 aliphatic carbocycles. The molecule has 0 saturated heterocycles. The second kappa shape index (κ2) is 15.4. The molecule has 0 fully saturated rings. The quantitative estimate of drug-likeness (QED) is 0.255. The number of amides is 2. The molecule has 10 heteroatoms. The zero-order chi connectivity index (χ0) is 31.6. The molecule has 1 atom stereocenters. The molecule has 0 spiro atoms. The van der Waals surface area contributed by atoms with Gasteiger partial charge in [-0.05, 0) is 80.3 Å². The van der Waals surface area contributed by atoms with E-state index in [1.54, 1.807) is 55.6 Å². The Morgan fingerprint density at radius 3 is 2.02 bits per heavy atom. The van der Waals surface area contributed by atoms with Crippen molar-refractivity contribution >= 4 is 27.5 Å². The van der Waals surface area contributed by atoms with Gasteiger partial charge in [-0.15, -0.1) is 0 Å². The highest BCUT2D eigenvalue weighted by Crippen LogP contribution is 2.27. The van der Waals surface area contributed by atoms with E-state index in [1.807, 2.05) is 46.8 Å². The minimum atomic E-state index is -4.15. The maximum Gasteiger partial charge on any atom is 0.264 e. The van der Waals surface area contributed by atoms with Gasteiger partial charge in [-0.2, -0.15) is 0 Å². The van der Waals surface area contributed by atoms with Crippen LogP contribution in [0.25, 0.3) is 0 Å². The zero-order valence-corrected chi connectivity index (χ0v) is 26.7. The summed E-state index contributed by atoms with van der Waals surface area (Å²) in [6.45, 7) is 10.1. The fourth-order valence-corrected chi connectivity index (χ4v) is 5.93. The minimum Gasteiger partial charge on any atom is -0.497 e. The van der Waals surface area contributed by atoms with Gasteiger partial charge in [0.15, 0.2) is 0 Å². The first-order valence-electron chi connectivity index (χ1n) is 14.5. The Bertz CT molecular complexity index is 1440. The molecular weight excluding hydrogens is 566 g/mol. The van der Waals surface area contributed by atoms with E-state index >= 15 is 0 Å². The number of methoxy groups -OCH3 is 1. The average Bonchev–Trinajstić information content (AvgIpc) is 2.99. The van der Waals surface area contributed by atoms with E-state index in [0.717, 1.165) is 15.4 Å². The molecule has 1 N–H and O–H groups in total. The van der Waals surface area contributed by atoms with Crippen LogP contribution in [0.1, 0.15) is 45.2 Å². The Hall–Kier alpha value is -4.05. The lowest BCUT2D eigenvalue weighted by molar-refractivity contribution is -0.140. The van der Waals surface area contributed by atoms with E-state index < -0.39 is 28.5 Å². The number of anilines is 1. The van der Waals surface area contributed by atoms with Gasteiger partial charge < -0.3 is 19.7 Å². The molecule has 232 valence electrons. The van der Waals surface area contributed by atoms with Gasteiger partial charge in [0.2, 0.25) is 11.8 Å². The van der Waals surface area contributed by atoms with Crippen LogP contribution < -0.4 is 19.1 Å². The predicted molar refractivity (Wildman–Crippen MR) is 169 cm³/mol. The number of benzene rings is 3. The summed E-state index contributed by atoms with van der Waals surface area (Å²) in [5.41, 5.74) is 1.99. The number of ether oxygens (including phenoxy) is 2. The van der Waals surface area contributed by atoms with Gasteiger partial charge in [-0.25, -0.2) is 8.42 Å². The van der Waals surface area contributed by atoms with E-state index in [-0.39, 0.29) is 23.3 Å². The summed E-state index contributed by atoms with van der Waals surface area (Å²) in [5.74, 6) is 0.675. The first-order valence-corrected chi connectivity index (χ1v) is 16.0. The van der Waals surface area contributed by atoms with Crippen molar-refractivity contribution in [2.24, 2.45) is 5.92 Å². The van der Waals surface area contributed by atoms with Crippen LogP contribution in [0.5, 0.6) is 11.5 Å². The number of aryl methyl sites for hydroxylation is 1.